The first-order valence-electron chi connectivity index (χ1n) is 14.9. The Bertz CT molecular complexity index is 1530. The van der Waals surface area contributed by atoms with Gasteiger partial charge in [0.25, 0.3) is 12.0 Å². The molecule has 2 unspecified atom stereocenters. The Morgan fingerprint density at radius 1 is 1.22 bits per heavy atom. The molecule has 0 radical (unpaired) electrons. The van der Waals surface area contributed by atoms with Gasteiger partial charge in [-0.1, -0.05) is 36.4 Å². The fraction of sp³-hybridized carbons (Fsp3) is 0.562. The highest BCUT2D eigenvalue weighted by atomic mass is 16.5. The summed E-state index contributed by atoms with van der Waals surface area (Å²) in [6, 6.07) is 12.6. The first-order chi connectivity index (χ1) is 19.9. The Morgan fingerprint density at radius 3 is 2.80 bits per heavy atom. The number of likely N-dealkylation sites (tertiary alicyclic amines) is 1. The minimum atomic E-state index is -0.407. The van der Waals surface area contributed by atoms with Gasteiger partial charge in [-0.3, -0.25) is 9.59 Å². The molecule has 9 heteroatoms. The fourth-order valence-corrected chi connectivity index (χ4v) is 6.74. The number of para-hydroxylation sites is 1. The first kappa shape index (κ1) is 27.5. The van der Waals surface area contributed by atoms with Gasteiger partial charge in [0.2, 0.25) is 5.88 Å². The highest BCUT2D eigenvalue weighted by Crippen LogP contribution is 2.82. The molecule has 1 aliphatic heterocycles. The predicted octanol–water partition coefficient (Wildman–Crippen LogP) is 5.90. The summed E-state index contributed by atoms with van der Waals surface area (Å²) in [5.41, 5.74) is 1.33. The highest BCUT2D eigenvalue weighted by Gasteiger charge is 2.88. The molecule has 0 bridgehead atoms. The molecule has 6 rings (SSSR count). The van der Waals surface area contributed by atoms with E-state index >= 15 is 0 Å². The smallest absolute Gasteiger partial charge is 0.348 e. The second-order valence-electron chi connectivity index (χ2n) is 12.0. The van der Waals surface area contributed by atoms with Gasteiger partial charge in [0.1, 0.15) is 11.3 Å². The highest BCUT2D eigenvalue weighted by molar-refractivity contribution is 6.10. The summed E-state index contributed by atoms with van der Waals surface area (Å²) in [5.74, 6) is 1.46. The Labute approximate surface area is 240 Å². The average Bonchev–Trinajstić information content (AvgIpc) is 3.68. The molecular weight excluding hydrogens is 518 g/mol. The van der Waals surface area contributed by atoms with E-state index in [0.717, 1.165) is 62.5 Å². The fourth-order valence-electron chi connectivity index (χ4n) is 6.74. The Hall–Kier alpha value is -3.64. The number of pyridine rings is 1. The molecule has 2 aliphatic carbocycles. The van der Waals surface area contributed by atoms with Crippen LogP contribution >= 0.6 is 0 Å². The number of ketones is 2. The number of unbranched alkanes of at least 4 members (excludes halogenated alkanes) is 2. The third-order valence-electron chi connectivity index (χ3n) is 9.52. The zero-order valence-electron chi connectivity index (χ0n) is 24.2. The van der Waals surface area contributed by atoms with Crippen LogP contribution < -0.4 is 4.74 Å². The quantitative estimate of drug-likeness (QED) is 0.285. The zero-order valence-corrected chi connectivity index (χ0v) is 24.2. The van der Waals surface area contributed by atoms with Crippen LogP contribution in [0.3, 0.4) is 0 Å². The first-order valence-corrected chi connectivity index (χ1v) is 14.9. The summed E-state index contributed by atoms with van der Waals surface area (Å²) in [7, 11) is 3.72. The number of fused-ring (bicyclic) bond motifs is 2. The van der Waals surface area contributed by atoms with Crippen molar-refractivity contribution in [2.75, 3.05) is 27.2 Å². The van der Waals surface area contributed by atoms with Gasteiger partial charge in [-0.05, 0) is 69.8 Å². The lowest BCUT2D eigenvalue weighted by atomic mass is 9.89. The lowest BCUT2D eigenvalue weighted by Gasteiger charge is -2.29. The molecule has 3 fully saturated rings. The van der Waals surface area contributed by atoms with Crippen LogP contribution in [-0.2, 0) is 9.59 Å². The van der Waals surface area contributed by atoms with Crippen molar-refractivity contribution < 1.29 is 18.7 Å². The lowest BCUT2D eigenvalue weighted by Crippen LogP contribution is -2.32. The topological polar surface area (TPSA) is 103 Å². The minimum absolute atomic E-state index is 0.141. The number of carbonyl (C=O) groups is 2. The standard InChI is InChI=1S/C32H38N5O4/c1-4-22(38)11-6-5-7-13-26(33-19-24-27(39)32(24)20-31(32)14-16-37(2)17-15-31)30-36-35-29(41-30)23-18-21-10-8-9-12-25(21)34-28(23)40-3/h8-10,12,18,24,26H,4-7,11,13-17,20H2,1-3H3/q+1/t24?,26-,32?/m0/s1. The number of nitrogens with zero attached hydrogens (tertiary/aromatic N) is 5. The van der Waals surface area contributed by atoms with Crippen LogP contribution in [0.2, 0.25) is 0 Å². The maximum absolute atomic E-state index is 13.0. The van der Waals surface area contributed by atoms with E-state index in [0.29, 0.717) is 48.3 Å². The van der Waals surface area contributed by atoms with Crippen LogP contribution in [0.4, 0.5) is 0 Å². The van der Waals surface area contributed by atoms with E-state index in [9.17, 15) is 9.59 Å². The SMILES string of the molecule is CCC(=O)CCCCC[C@H]([N+]#CC1C(=O)C12CC21CCN(C)CC1)c1nnc(-c2cc3ccccc3nc2OC)o1. The summed E-state index contributed by atoms with van der Waals surface area (Å²) in [4.78, 5) is 36.5. The second kappa shape index (κ2) is 11.0. The van der Waals surface area contributed by atoms with Crippen LogP contribution in [0.25, 0.3) is 27.2 Å². The molecule has 2 saturated carbocycles. The summed E-state index contributed by atoms with van der Waals surface area (Å²) < 4.78 is 11.7. The summed E-state index contributed by atoms with van der Waals surface area (Å²) in [6.07, 6.45) is 7.57. The van der Waals surface area contributed by atoms with Crippen molar-refractivity contribution in [2.24, 2.45) is 16.7 Å². The van der Waals surface area contributed by atoms with Gasteiger partial charge in [-0.2, -0.15) is 0 Å². The number of hydrogen-bond donors (Lipinski definition) is 0. The van der Waals surface area contributed by atoms with Crippen molar-refractivity contribution in [3.63, 3.8) is 0 Å². The van der Waals surface area contributed by atoms with E-state index in [1.54, 1.807) is 7.11 Å². The Morgan fingerprint density at radius 2 is 2.02 bits per heavy atom. The van der Waals surface area contributed by atoms with Crippen molar-refractivity contribution in [1.82, 2.24) is 20.1 Å². The molecule has 0 amide bonds. The van der Waals surface area contributed by atoms with Crippen molar-refractivity contribution in [3.8, 4) is 23.4 Å². The van der Waals surface area contributed by atoms with E-state index in [2.05, 4.69) is 33.2 Å². The Balaban J connectivity index is 1.22. The number of methoxy groups -OCH3 is 1. The third-order valence-corrected chi connectivity index (χ3v) is 9.52. The molecule has 2 aromatic heterocycles. The van der Waals surface area contributed by atoms with E-state index in [1.807, 2.05) is 37.3 Å². The second-order valence-corrected chi connectivity index (χ2v) is 12.0. The summed E-state index contributed by atoms with van der Waals surface area (Å²) in [5, 5.41) is 9.65. The number of benzene rings is 1. The molecule has 0 N–H and O–H groups in total. The monoisotopic (exact) mass is 556 g/mol. The molecule has 1 saturated heterocycles. The number of rotatable bonds is 10. The van der Waals surface area contributed by atoms with Crippen molar-refractivity contribution in [1.29, 1.82) is 0 Å². The molecular formula is C32H38N5O4+. The predicted molar refractivity (Wildman–Crippen MR) is 155 cm³/mol. The number of hydrogen-bond acceptors (Lipinski definition) is 8. The molecule has 3 aromatic rings. The van der Waals surface area contributed by atoms with Crippen molar-refractivity contribution in [2.45, 2.75) is 70.8 Å². The van der Waals surface area contributed by atoms with E-state index in [4.69, 9.17) is 14.0 Å². The Kier molecular flexibility index (Phi) is 7.37. The van der Waals surface area contributed by atoms with Gasteiger partial charge in [-0.15, -0.1) is 10.2 Å². The molecule has 3 atom stereocenters. The van der Waals surface area contributed by atoms with Gasteiger partial charge >= 0.3 is 11.9 Å². The molecule has 2 spiro atoms. The minimum Gasteiger partial charge on any atom is -0.480 e. The zero-order chi connectivity index (χ0) is 28.6. The summed E-state index contributed by atoms with van der Waals surface area (Å²) >= 11 is 0. The maximum atomic E-state index is 13.0. The van der Waals surface area contributed by atoms with Gasteiger partial charge in [0, 0.05) is 24.6 Å². The van der Waals surface area contributed by atoms with Crippen LogP contribution in [0.1, 0.15) is 76.6 Å². The van der Waals surface area contributed by atoms with Crippen molar-refractivity contribution in [3.05, 3.63) is 41.1 Å². The number of aromatic nitrogens is 3. The number of Topliss-reactive ketones (excluding diaryl/α,β-unsaturated/α-hetero) is 2. The van der Waals surface area contributed by atoms with E-state index in [1.165, 1.54) is 0 Å². The molecule has 9 nitrogen and oxygen atoms in total. The van der Waals surface area contributed by atoms with Crippen LogP contribution in [0, 0.1) is 22.8 Å². The molecule has 3 aliphatic rings. The number of ether oxygens (including phenoxy) is 1. The van der Waals surface area contributed by atoms with Gasteiger partial charge in [-0.25, -0.2) is 4.98 Å². The number of piperidine rings is 1. The molecule has 1 aromatic carbocycles. The maximum Gasteiger partial charge on any atom is 0.348 e. The summed E-state index contributed by atoms with van der Waals surface area (Å²) in [6.45, 7) is 3.98. The van der Waals surface area contributed by atoms with Crippen LogP contribution in [-0.4, -0.2) is 58.9 Å². The molecule has 41 heavy (non-hydrogen) atoms. The number of carbonyl (C=O) groups excluding carboxylic acids is 2. The van der Waals surface area contributed by atoms with Crippen LogP contribution in [0.5, 0.6) is 5.88 Å². The average molecular weight is 557 g/mol. The van der Waals surface area contributed by atoms with Gasteiger partial charge < -0.3 is 14.1 Å². The normalized spacial score (nSPS) is 23.4. The largest absolute Gasteiger partial charge is 0.480 e. The molecule has 214 valence electrons. The van der Waals surface area contributed by atoms with E-state index in [-0.39, 0.29) is 22.5 Å². The van der Waals surface area contributed by atoms with Gasteiger partial charge in [0.05, 0.1) is 18.0 Å². The molecule has 3 heterocycles. The lowest BCUT2D eigenvalue weighted by molar-refractivity contribution is -0.118. The van der Waals surface area contributed by atoms with E-state index < -0.39 is 6.04 Å². The van der Waals surface area contributed by atoms with Gasteiger partial charge in [0.15, 0.2) is 11.7 Å². The van der Waals surface area contributed by atoms with Crippen molar-refractivity contribution >= 4 is 22.5 Å². The van der Waals surface area contributed by atoms with Crippen LogP contribution in [0.15, 0.2) is 34.7 Å². The third kappa shape index (κ3) is 5.03.